The zero-order chi connectivity index (χ0) is 24.3. The third kappa shape index (κ3) is 5.28. The molecule has 2 N–H and O–H groups in total. The monoisotopic (exact) mass is 477 g/mol. The molecule has 176 valence electrons. The molecule has 0 aromatic heterocycles. The van der Waals surface area contributed by atoms with Crippen molar-refractivity contribution in [2.45, 2.75) is 38.1 Å². The average molecular weight is 478 g/mol. The summed E-state index contributed by atoms with van der Waals surface area (Å²) in [7, 11) is -3.82. The fourth-order valence-corrected chi connectivity index (χ4v) is 4.83. The van der Waals surface area contributed by atoms with Crippen molar-refractivity contribution in [1.29, 1.82) is 0 Å². The molecule has 2 amide bonds. The summed E-state index contributed by atoms with van der Waals surface area (Å²) in [5.41, 5.74) is 3.72. The number of rotatable bonds is 7. The van der Waals surface area contributed by atoms with E-state index in [4.69, 9.17) is 0 Å². The maximum Gasteiger partial charge on any atom is 0.261 e. The Labute approximate surface area is 199 Å². The number of aryl methyl sites for hydroxylation is 1. The van der Waals surface area contributed by atoms with E-state index in [1.54, 1.807) is 49.1 Å². The van der Waals surface area contributed by atoms with E-state index in [-0.39, 0.29) is 22.6 Å². The second kappa shape index (κ2) is 9.69. The van der Waals surface area contributed by atoms with Gasteiger partial charge in [0.05, 0.1) is 11.4 Å². The summed E-state index contributed by atoms with van der Waals surface area (Å²) in [5.74, 6) is -0.259. The summed E-state index contributed by atoms with van der Waals surface area (Å²) < 4.78 is 28.4. The van der Waals surface area contributed by atoms with E-state index in [9.17, 15) is 18.0 Å². The molecular formula is C26H27N3O4S. The van der Waals surface area contributed by atoms with E-state index in [0.29, 0.717) is 30.8 Å². The van der Waals surface area contributed by atoms with Gasteiger partial charge in [0.15, 0.2) is 0 Å². The predicted octanol–water partition coefficient (Wildman–Crippen LogP) is 4.56. The number of hydrogen-bond acceptors (Lipinski definition) is 4. The molecule has 7 nitrogen and oxygen atoms in total. The molecule has 1 aliphatic rings. The van der Waals surface area contributed by atoms with E-state index in [1.165, 1.54) is 12.1 Å². The molecule has 0 atom stereocenters. The van der Waals surface area contributed by atoms with Crippen LogP contribution in [0.5, 0.6) is 0 Å². The van der Waals surface area contributed by atoms with Gasteiger partial charge in [-0.2, -0.15) is 0 Å². The van der Waals surface area contributed by atoms with E-state index in [2.05, 4.69) is 10.0 Å². The molecule has 0 spiro atoms. The maximum absolute atomic E-state index is 12.9. The van der Waals surface area contributed by atoms with Gasteiger partial charge in [0.2, 0.25) is 11.8 Å². The number of anilines is 3. The first-order valence-electron chi connectivity index (χ1n) is 11.1. The Hall–Kier alpha value is -3.65. The van der Waals surface area contributed by atoms with Gasteiger partial charge in [-0.1, -0.05) is 44.2 Å². The number of amides is 2. The number of carbonyl (C=O) groups excluding carboxylic acids is 2. The largest absolute Gasteiger partial charge is 0.326 e. The highest BCUT2D eigenvalue weighted by Gasteiger charge is 2.25. The summed E-state index contributed by atoms with van der Waals surface area (Å²) in [5, 5.41) is 2.74. The summed E-state index contributed by atoms with van der Waals surface area (Å²) in [6.45, 7) is 4.04. The molecule has 0 aliphatic carbocycles. The first-order chi connectivity index (χ1) is 16.2. The lowest BCUT2D eigenvalue weighted by molar-refractivity contribution is -0.119. The van der Waals surface area contributed by atoms with Crippen LogP contribution in [0, 0.1) is 5.92 Å². The van der Waals surface area contributed by atoms with Crippen LogP contribution < -0.4 is 14.9 Å². The number of sulfonamides is 1. The molecule has 0 saturated heterocycles. The zero-order valence-electron chi connectivity index (χ0n) is 19.1. The van der Waals surface area contributed by atoms with Crippen LogP contribution in [0.25, 0.3) is 0 Å². The van der Waals surface area contributed by atoms with Crippen molar-refractivity contribution in [3.05, 3.63) is 83.9 Å². The Balaban J connectivity index is 1.51. The third-order valence-corrected chi connectivity index (χ3v) is 7.07. The van der Waals surface area contributed by atoms with Crippen molar-refractivity contribution < 1.29 is 18.0 Å². The van der Waals surface area contributed by atoms with Crippen molar-refractivity contribution in [2.24, 2.45) is 5.92 Å². The number of benzene rings is 3. The molecule has 34 heavy (non-hydrogen) atoms. The van der Waals surface area contributed by atoms with Gasteiger partial charge in [0.25, 0.3) is 10.0 Å². The number of hydrogen-bond donors (Lipinski definition) is 2. The number of nitrogens with zero attached hydrogens (tertiary/aromatic N) is 1. The fraction of sp³-hybridized carbons (Fsp3) is 0.231. The van der Waals surface area contributed by atoms with Gasteiger partial charge in [0, 0.05) is 29.4 Å². The van der Waals surface area contributed by atoms with Gasteiger partial charge in [-0.05, 0) is 60.0 Å². The summed E-state index contributed by atoms with van der Waals surface area (Å²) >= 11 is 0. The van der Waals surface area contributed by atoms with Gasteiger partial charge in [-0.25, -0.2) is 8.42 Å². The molecular weight excluding hydrogens is 450 g/mol. The molecule has 0 bridgehead atoms. The van der Waals surface area contributed by atoms with Crippen molar-refractivity contribution in [2.75, 3.05) is 14.9 Å². The quantitative estimate of drug-likeness (QED) is 0.521. The lowest BCUT2D eigenvalue weighted by atomic mass is 10.00. The molecule has 0 saturated carbocycles. The molecule has 1 heterocycles. The highest BCUT2D eigenvalue weighted by atomic mass is 32.2. The molecule has 4 rings (SSSR count). The zero-order valence-corrected chi connectivity index (χ0v) is 19.9. The van der Waals surface area contributed by atoms with E-state index in [0.717, 1.165) is 16.8 Å². The third-order valence-electron chi connectivity index (χ3n) is 5.67. The van der Waals surface area contributed by atoms with Crippen LogP contribution in [0.1, 0.15) is 31.4 Å². The van der Waals surface area contributed by atoms with Crippen molar-refractivity contribution in [1.82, 2.24) is 0 Å². The Kier molecular flexibility index (Phi) is 6.70. The lowest BCUT2D eigenvalue weighted by Crippen LogP contribution is -2.34. The van der Waals surface area contributed by atoms with Crippen molar-refractivity contribution >= 4 is 38.9 Å². The topological polar surface area (TPSA) is 95.6 Å². The van der Waals surface area contributed by atoms with E-state index in [1.807, 2.05) is 30.3 Å². The predicted molar refractivity (Wildman–Crippen MR) is 133 cm³/mol. The van der Waals surface area contributed by atoms with E-state index >= 15 is 0 Å². The highest BCUT2D eigenvalue weighted by Crippen LogP contribution is 2.32. The lowest BCUT2D eigenvalue weighted by Gasteiger charge is -2.30. The molecule has 0 fully saturated rings. The summed E-state index contributed by atoms with van der Waals surface area (Å²) in [4.78, 5) is 26.3. The molecule has 1 aliphatic heterocycles. The number of fused-ring (bicyclic) bond motifs is 1. The normalized spacial score (nSPS) is 13.5. The van der Waals surface area contributed by atoms with Crippen LogP contribution in [0.4, 0.5) is 17.1 Å². The molecule has 0 unspecified atom stereocenters. The van der Waals surface area contributed by atoms with E-state index < -0.39 is 10.0 Å². The Morgan fingerprint density at radius 1 is 0.941 bits per heavy atom. The molecule has 0 radical (unpaired) electrons. The molecule has 3 aromatic carbocycles. The van der Waals surface area contributed by atoms with Gasteiger partial charge < -0.3 is 10.2 Å². The van der Waals surface area contributed by atoms with Gasteiger partial charge in [0.1, 0.15) is 0 Å². The minimum atomic E-state index is -3.82. The van der Waals surface area contributed by atoms with Gasteiger partial charge >= 0.3 is 0 Å². The van der Waals surface area contributed by atoms with Crippen molar-refractivity contribution in [3.8, 4) is 0 Å². The standard InChI is InChI=1S/C26H27N3O4S/c1-18(2)26(31)27-21-9-12-23(13-10-21)34(32,33)28-22-11-14-24-20(16-22)8-15-25(30)29(24)17-19-6-4-3-5-7-19/h3-7,9-14,16,18,28H,8,15,17H2,1-2H3,(H,27,31). The summed E-state index contributed by atoms with van der Waals surface area (Å²) in [6, 6.07) is 21.0. The highest BCUT2D eigenvalue weighted by molar-refractivity contribution is 7.92. The number of nitrogens with one attached hydrogen (secondary N) is 2. The Bertz CT molecular complexity index is 1300. The maximum atomic E-state index is 12.9. The Morgan fingerprint density at radius 2 is 1.62 bits per heavy atom. The fourth-order valence-electron chi connectivity index (χ4n) is 3.78. The minimum absolute atomic E-state index is 0.0503. The van der Waals surface area contributed by atoms with Crippen LogP contribution in [-0.2, 0) is 32.6 Å². The Morgan fingerprint density at radius 3 is 2.29 bits per heavy atom. The summed E-state index contributed by atoms with van der Waals surface area (Å²) in [6.07, 6.45) is 0.929. The first-order valence-corrected chi connectivity index (χ1v) is 12.6. The van der Waals surface area contributed by atoms with Crippen LogP contribution in [0.3, 0.4) is 0 Å². The average Bonchev–Trinajstić information content (AvgIpc) is 2.81. The number of carbonyl (C=O) groups is 2. The molecule has 8 heteroatoms. The van der Waals surface area contributed by atoms with Gasteiger partial charge in [-0.15, -0.1) is 0 Å². The molecule has 3 aromatic rings. The van der Waals surface area contributed by atoms with Crippen LogP contribution in [-0.4, -0.2) is 20.2 Å². The SMILES string of the molecule is CC(C)C(=O)Nc1ccc(S(=O)(=O)Nc2ccc3c(c2)CCC(=O)N3Cc2ccccc2)cc1. The smallest absolute Gasteiger partial charge is 0.261 e. The van der Waals surface area contributed by atoms with Crippen LogP contribution in [0.2, 0.25) is 0 Å². The second-order valence-corrected chi connectivity index (χ2v) is 10.3. The van der Waals surface area contributed by atoms with Crippen LogP contribution in [0.15, 0.2) is 77.7 Å². The minimum Gasteiger partial charge on any atom is -0.326 e. The second-order valence-electron chi connectivity index (χ2n) is 8.58. The van der Waals surface area contributed by atoms with Gasteiger partial charge in [-0.3, -0.25) is 14.3 Å². The van der Waals surface area contributed by atoms with Crippen LogP contribution >= 0.6 is 0 Å². The first kappa shape index (κ1) is 23.5. The van der Waals surface area contributed by atoms with Crippen molar-refractivity contribution in [3.63, 3.8) is 0 Å².